The normalized spacial score (nSPS) is 12.4. The van der Waals surface area contributed by atoms with E-state index in [1.807, 2.05) is 0 Å². The molecule has 42 heavy (non-hydrogen) atoms. The monoisotopic (exact) mass is 640 g/mol. The quantitative estimate of drug-likeness (QED) is 0.204. The third-order valence-electron chi connectivity index (χ3n) is 5.77. The lowest BCUT2D eigenvalue weighted by atomic mass is 9.94. The molecule has 2 aromatic carbocycles. The molecular formula is C27H15Cl2F9N2O2. The topological polar surface area (TPSA) is 44.2 Å². The van der Waals surface area contributed by atoms with Gasteiger partial charge in [0.25, 0.3) is 0 Å². The van der Waals surface area contributed by atoms with Gasteiger partial charge >= 0.3 is 18.5 Å². The predicted octanol–water partition coefficient (Wildman–Crippen LogP) is 10.7. The van der Waals surface area contributed by atoms with Gasteiger partial charge in [-0.05, 0) is 60.9 Å². The zero-order valence-electron chi connectivity index (χ0n) is 21.1. The molecule has 0 N–H and O–H groups in total. The molecule has 0 aliphatic heterocycles. The zero-order chi connectivity index (χ0) is 31.2. The first-order valence-corrected chi connectivity index (χ1v) is 12.2. The number of aryl methyl sites for hydroxylation is 2. The molecule has 2 aromatic heterocycles. The molecule has 0 spiro atoms. The van der Waals surface area contributed by atoms with Gasteiger partial charge in [-0.3, -0.25) is 0 Å². The van der Waals surface area contributed by atoms with Gasteiger partial charge in [-0.2, -0.15) is 39.5 Å². The zero-order valence-corrected chi connectivity index (χ0v) is 22.6. The molecule has 0 aliphatic rings. The van der Waals surface area contributed by atoms with Gasteiger partial charge in [0.05, 0.1) is 16.1 Å². The Morgan fingerprint density at radius 3 is 1.71 bits per heavy atom. The van der Waals surface area contributed by atoms with Gasteiger partial charge in [0, 0.05) is 18.0 Å². The summed E-state index contributed by atoms with van der Waals surface area (Å²) in [6, 6.07) is 7.70. The Morgan fingerprint density at radius 2 is 1.19 bits per heavy atom. The van der Waals surface area contributed by atoms with Crippen molar-refractivity contribution in [2.45, 2.75) is 32.4 Å². The number of rotatable bonds is 5. The molecule has 222 valence electrons. The number of pyridine rings is 2. The maximum Gasteiger partial charge on any atom is 0.421 e. The minimum absolute atomic E-state index is 0.109. The van der Waals surface area contributed by atoms with E-state index in [-0.39, 0.29) is 40.2 Å². The molecule has 0 bridgehead atoms. The SMILES string of the molecule is Cc1cc(Oc2ncc(C(F)(F)F)cc2Cl)cc(C)c1-c1cccc(Cl)c1Oc1ncc(C(F)(F)F)cc1C(F)(F)F. The van der Waals surface area contributed by atoms with Crippen LogP contribution in [0.2, 0.25) is 10.0 Å². The Hall–Kier alpha value is -3.71. The van der Waals surface area contributed by atoms with Crippen molar-refractivity contribution in [3.05, 3.63) is 92.7 Å². The van der Waals surface area contributed by atoms with E-state index in [1.54, 1.807) is 13.8 Å². The van der Waals surface area contributed by atoms with Crippen molar-refractivity contribution in [3.63, 3.8) is 0 Å². The van der Waals surface area contributed by atoms with Crippen LogP contribution in [-0.4, -0.2) is 9.97 Å². The number of halogens is 11. The Bertz CT molecular complexity index is 1630. The van der Waals surface area contributed by atoms with E-state index in [0.29, 0.717) is 29.0 Å². The van der Waals surface area contributed by atoms with Crippen molar-refractivity contribution < 1.29 is 49.0 Å². The molecule has 0 unspecified atom stereocenters. The molecule has 4 rings (SSSR count). The summed E-state index contributed by atoms with van der Waals surface area (Å²) in [4.78, 5) is 6.91. The van der Waals surface area contributed by atoms with Crippen molar-refractivity contribution in [3.8, 4) is 34.4 Å². The summed E-state index contributed by atoms with van der Waals surface area (Å²) in [5.74, 6) is -1.65. The Morgan fingerprint density at radius 1 is 0.643 bits per heavy atom. The number of ether oxygens (including phenoxy) is 2. The van der Waals surface area contributed by atoms with Crippen LogP contribution in [0.1, 0.15) is 27.8 Å². The molecule has 0 radical (unpaired) electrons. The summed E-state index contributed by atoms with van der Waals surface area (Å²) in [5.41, 5.74) is -2.97. The van der Waals surface area contributed by atoms with Crippen molar-refractivity contribution in [2.75, 3.05) is 0 Å². The van der Waals surface area contributed by atoms with Crippen LogP contribution in [0.3, 0.4) is 0 Å². The first kappa shape index (κ1) is 31.2. The molecular weight excluding hydrogens is 626 g/mol. The second-order valence-electron chi connectivity index (χ2n) is 8.83. The summed E-state index contributed by atoms with van der Waals surface area (Å²) < 4.78 is 130. The molecule has 4 nitrogen and oxygen atoms in total. The number of hydrogen-bond acceptors (Lipinski definition) is 4. The first-order valence-electron chi connectivity index (χ1n) is 11.5. The Labute approximate surface area is 241 Å². The fourth-order valence-corrected chi connectivity index (χ4v) is 4.39. The van der Waals surface area contributed by atoms with Crippen molar-refractivity contribution in [2.24, 2.45) is 0 Å². The Balaban J connectivity index is 1.75. The van der Waals surface area contributed by atoms with E-state index in [9.17, 15) is 39.5 Å². The fourth-order valence-electron chi connectivity index (χ4n) is 3.97. The van der Waals surface area contributed by atoms with E-state index in [0.717, 1.165) is 0 Å². The van der Waals surface area contributed by atoms with Crippen molar-refractivity contribution in [1.82, 2.24) is 9.97 Å². The van der Waals surface area contributed by atoms with Crippen molar-refractivity contribution in [1.29, 1.82) is 0 Å². The van der Waals surface area contributed by atoms with E-state index in [4.69, 9.17) is 32.7 Å². The molecule has 4 aromatic rings. The van der Waals surface area contributed by atoms with Crippen LogP contribution in [0.15, 0.2) is 54.9 Å². The second kappa shape index (κ2) is 11.2. The smallest absolute Gasteiger partial charge is 0.421 e. The average molecular weight is 641 g/mol. The fraction of sp³-hybridized carbons (Fsp3) is 0.185. The van der Waals surface area contributed by atoms with E-state index >= 15 is 0 Å². The Kier molecular flexibility index (Phi) is 8.31. The van der Waals surface area contributed by atoms with Crippen LogP contribution in [0.5, 0.6) is 23.3 Å². The van der Waals surface area contributed by atoms with Crippen LogP contribution in [-0.2, 0) is 18.5 Å². The number of hydrogen-bond donors (Lipinski definition) is 0. The average Bonchev–Trinajstić information content (AvgIpc) is 2.85. The lowest BCUT2D eigenvalue weighted by Gasteiger charge is -2.19. The van der Waals surface area contributed by atoms with Gasteiger partial charge < -0.3 is 9.47 Å². The molecule has 15 heteroatoms. The number of para-hydroxylation sites is 1. The number of benzene rings is 2. The minimum atomic E-state index is -5.25. The minimum Gasteiger partial charge on any atom is -0.438 e. The molecule has 0 aliphatic carbocycles. The van der Waals surface area contributed by atoms with Gasteiger partial charge in [0.15, 0.2) is 5.75 Å². The molecule has 0 saturated heterocycles. The number of alkyl halides is 9. The highest BCUT2D eigenvalue weighted by Crippen LogP contribution is 2.46. The summed E-state index contributed by atoms with van der Waals surface area (Å²) >= 11 is 12.2. The van der Waals surface area contributed by atoms with E-state index in [2.05, 4.69) is 9.97 Å². The number of nitrogens with zero attached hydrogens (tertiary/aromatic N) is 2. The number of aromatic nitrogens is 2. The summed E-state index contributed by atoms with van der Waals surface area (Å²) in [5, 5.41) is -0.568. The second-order valence-corrected chi connectivity index (χ2v) is 9.65. The molecule has 2 heterocycles. The van der Waals surface area contributed by atoms with Crippen LogP contribution in [0, 0.1) is 13.8 Å². The molecule has 0 fully saturated rings. The van der Waals surface area contributed by atoms with Crippen LogP contribution in [0.4, 0.5) is 39.5 Å². The predicted molar refractivity (Wildman–Crippen MR) is 135 cm³/mol. The van der Waals surface area contributed by atoms with Gasteiger partial charge in [-0.25, -0.2) is 9.97 Å². The maximum atomic E-state index is 13.7. The van der Waals surface area contributed by atoms with Gasteiger partial charge in [-0.1, -0.05) is 35.3 Å². The van der Waals surface area contributed by atoms with Crippen LogP contribution in [0.25, 0.3) is 11.1 Å². The van der Waals surface area contributed by atoms with E-state index in [1.165, 1.54) is 30.3 Å². The van der Waals surface area contributed by atoms with Gasteiger partial charge in [-0.15, -0.1) is 0 Å². The maximum absolute atomic E-state index is 13.7. The summed E-state index contributed by atoms with van der Waals surface area (Å²) in [6.45, 7) is 3.19. The standard InChI is InChI=1S/C27H15Cl2F9N2O2/c1-12-6-16(41-24-20(29)9-15(11-40-24)26(33,34)35)7-13(2)21(12)17-4-3-5-19(28)22(17)42-23-18(27(36,37)38)8-14(10-39-23)25(30,31)32/h3-11H,1-2H3. The first-order chi connectivity index (χ1) is 19.4. The molecule has 0 saturated carbocycles. The van der Waals surface area contributed by atoms with Crippen molar-refractivity contribution >= 4 is 23.2 Å². The molecule has 0 atom stereocenters. The van der Waals surface area contributed by atoms with Gasteiger partial charge in [0.1, 0.15) is 16.3 Å². The lowest BCUT2D eigenvalue weighted by molar-refractivity contribution is -0.144. The van der Waals surface area contributed by atoms with Gasteiger partial charge in [0.2, 0.25) is 11.8 Å². The van der Waals surface area contributed by atoms with Crippen LogP contribution < -0.4 is 9.47 Å². The highest BCUT2D eigenvalue weighted by Gasteiger charge is 2.40. The highest BCUT2D eigenvalue weighted by atomic mass is 35.5. The van der Waals surface area contributed by atoms with Crippen LogP contribution >= 0.6 is 23.2 Å². The summed E-state index contributed by atoms with van der Waals surface area (Å²) in [7, 11) is 0. The third-order valence-corrected chi connectivity index (χ3v) is 6.34. The highest BCUT2D eigenvalue weighted by molar-refractivity contribution is 6.32. The lowest BCUT2D eigenvalue weighted by Crippen LogP contribution is -2.13. The third kappa shape index (κ3) is 6.67. The largest absolute Gasteiger partial charge is 0.438 e. The molecule has 0 amide bonds. The summed E-state index contributed by atoms with van der Waals surface area (Å²) in [6.07, 6.45) is -14.2. The van der Waals surface area contributed by atoms with E-state index < -0.39 is 46.1 Å².